The number of thioether (sulfide) groups is 2. The molecule has 1 aliphatic rings. The summed E-state index contributed by atoms with van der Waals surface area (Å²) in [4.78, 5) is 3.57. The fraction of sp³-hybridized carbons (Fsp3) is 0.538. The second-order valence-electron chi connectivity index (χ2n) is 3.61. The topological polar surface area (TPSA) is 3.24 Å². The third-order valence-corrected chi connectivity index (χ3v) is 4.51. The van der Waals surface area contributed by atoms with Crippen LogP contribution < -0.4 is 0 Å². The van der Waals surface area contributed by atoms with Crippen molar-refractivity contribution in [3.8, 4) is 0 Å². The second kappa shape index (κ2) is 7.91. The highest BCUT2D eigenvalue weighted by atomic mass is 32.2. The van der Waals surface area contributed by atoms with Gasteiger partial charge >= 0.3 is 0 Å². The van der Waals surface area contributed by atoms with Gasteiger partial charge in [0, 0.05) is 18.8 Å². The van der Waals surface area contributed by atoms with Gasteiger partial charge in [0.15, 0.2) is 0 Å². The molecule has 0 N–H and O–H groups in total. The van der Waals surface area contributed by atoms with Crippen LogP contribution in [0.2, 0.25) is 0 Å². The maximum atomic E-state index is 4.02. The summed E-state index contributed by atoms with van der Waals surface area (Å²) in [5, 5.41) is 1.40. The molecule has 3 heteroatoms. The van der Waals surface area contributed by atoms with E-state index in [4.69, 9.17) is 0 Å². The highest BCUT2D eigenvalue weighted by Crippen LogP contribution is 2.27. The van der Waals surface area contributed by atoms with Gasteiger partial charge in [-0.3, -0.25) is 0 Å². The molecule has 1 saturated heterocycles. The standard InChI is InChI=1S/C13H21NS2/c1-4-10-15-12(3)7-6-8-13-14(5-2)9-11-16-13/h6-8H,3-5,9-11H2,1-2H3/b7-6+,13-8-. The van der Waals surface area contributed by atoms with Crippen molar-refractivity contribution in [2.45, 2.75) is 20.3 Å². The van der Waals surface area contributed by atoms with Crippen LogP contribution in [-0.2, 0) is 0 Å². The molecule has 0 atom stereocenters. The summed E-state index contributed by atoms with van der Waals surface area (Å²) in [6, 6.07) is 0. The van der Waals surface area contributed by atoms with Crippen LogP contribution in [0.15, 0.2) is 34.7 Å². The molecule has 16 heavy (non-hydrogen) atoms. The molecule has 0 spiro atoms. The van der Waals surface area contributed by atoms with E-state index in [2.05, 4.69) is 43.6 Å². The first-order valence-electron chi connectivity index (χ1n) is 5.85. The summed E-state index contributed by atoms with van der Waals surface area (Å²) in [6.07, 6.45) is 7.65. The van der Waals surface area contributed by atoms with E-state index in [0.717, 1.165) is 17.2 Å². The van der Waals surface area contributed by atoms with Crippen molar-refractivity contribution in [3.05, 3.63) is 34.7 Å². The Kier molecular flexibility index (Phi) is 6.81. The van der Waals surface area contributed by atoms with Gasteiger partial charge in [-0.25, -0.2) is 0 Å². The molecule has 1 heterocycles. The Morgan fingerprint density at radius 3 is 3.06 bits per heavy atom. The number of hydrogen-bond acceptors (Lipinski definition) is 3. The van der Waals surface area contributed by atoms with Gasteiger partial charge in [0.2, 0.25) is 0 Å². The zero-order chi connectivity index (χ0) is 11.8. The van der Waals surface area contributed by atoms with Crippen molar-refractivity contribution in [1.82, 2.24) is 4.90 Å². The lowest BCUT2D eigenvalue weighted by Gasteiger charge is -2.15. The van der Waals surface area contributed by atoms with Gasteiger partial charge in [-0.05, 0) is 36.2 Å². The minimum Gasteiger partial charge on any atom is -0.366 e. The van der Waals surface area contributed by atoms with Crippen LogP contribution in [0.1, 0.15) is 20.3 Å². The predicted octanol–water partition coefficient (Wildman–Crippen LogP) is 4.11. The number of rotatable bonds is 6. The summed E-state index contributed by atoms with van der Waals surface area (Å²) in [6.45, 7) is 10.7. The van der Waals surface area contributed by atoms with Gasteiger partial charge < -0.3 is 4.90 Å². The first-order chi connectivity index (χ1) is 7.77. The van der Waals surface area contributed by atoms with Crippen LogP contribution in [0.4, 0.5) is 0 Å². The zero-order valence-corrected chi connectivity index (χ0v) is 11.9. The van der Waals surface area contributed by atoms with Gasteiger partial charge in [-0.2, -0.15) is 0 Å². The second-order valence-corrected chi connectivity index (χ2v) is 5.94. The largest absolute Gasteiger partial charge is 0.366 e. The molecule has 0 amide bonds. The first-order valence-corrected chi connectivity index (χ1v) is 7.82. The zero-order valence-electron chi connectivity index (χ0n) is 10.2. The molecule has 0 bridgehead atoms. The predicted molar refractivity (Wildman–Crippen MR) is 78.8 cm³/mol. The Morgan fingerprint density at radius 2 is 2.38 bits per heavy atom. The molecule has 90 valence electrons. The fourth-order valence-corrected chi connectivity index (χ4v) is 3.19. The highest BCUT2D eigenvalue weighted by Gasteiger charge is 2.14. The van der Waals surface area contributed by atoms with E-state index in [0.29, 0.717) is 0 Å². The highest BCUT2D eigenvalue weighted by molar-refractivity contribution is 8.03. The van der Waals surface area contributed by atoms with Crippen molar-refractivity contribution < 1.29 is 0 Å². The van der Waals surface area contributed by atoms with Crippen molar-refractivity contribution in [2.75, 3.05) is 24.6 Å². The average molecular weight is 255 g/mol. The lowest BCUT2D eigenvalue weighted by molar-refractivity contribution is 0.426. The lowest BCUT2D eigenvalue weighted by atomic mass is 10.4. The summed E-state index contributed by atoms with van der Waals surface area (Å²) in [5.74, 6) is 2.38. The summed E-state index contributed by atoms with van der Waals surface area (Å²) < 4.78 is 0. The van der Waals surface area contributed by atoms with Crippen LogP contribution in [0, 0.1) is 0 Å². The van der Waals surface area contributed by atoms with Gasteiger partial charge in [0.1, 0.15) is 0 Å². The Morgan fingerprint density at radius 1 is 1.56 bits per heavy atom. The number of nitrogens with zero attached hydrogens (tertiary/aromatic N) is 1. The average Bonchev–Trinajstić information content (AvgIpc) is 2.74. The first kappa shape index (κ1) is 13.8. The molecule has 0 aliphatic carbocycles. The maximum absolute atomic E-state index is 4.02. The Labute approximate surface area is 108 Å². The Hall–Kier alpha value is -0.280. The van der Waals surface area contributed by atoms with Crippen LogP contribution in [0.5, 0.6) is 0 Å². The van der Waals surface area contributed by atoms with Gasteiger partial charge in [0.25, 0.3) is 0 Å². The van der Waals surface area contributed by atoms with Crippen molar-refractivity contribution >= 4 is 23.5 Å². The lowest BCUT2D eigenvalue weighted by Crippen LogP contribution is -2.16. The van der Waals surface area contributed by atoms with Crippen molar-refractivity contribution in [2.24, 2.45) is 0 Å². The SMILES string of the molecule is C=C(/C=C/C=C1\SCCN1CC)SCCC. The summed E-state index contributed by atoms with van der Waals surface area (Å²) in [5.41, 5.74) is 0. The van der Waals surface area contributed by atoms with E-state index < -0.39 is 0 Å². The van der Waals surface area contributed by atoms with E-state index in [-0.39, 0.29) is 0 Å². The fourth-order valence-electron chi connectivity index (χ4n) is 1.45. The molecule has 0 unspecified atom stereocenters. The van der Waals surface area contributed by atoms with Crippen molar-refractivity contribution in [3.63, 3.8) is 0 Å². The number of hydrogen-bond donors (Lipinski definition) is 0. The maximum Gasteiger partial charge on any atom is 0.0708 e. The van der Waals surface area contributed by atoms with Crippen molar-refractivity contribution in [1.29, 1.82) is 0 Å². The van der Waals surface area contributed by atoms with Crippen LogP contribution in [-0.4, -0.2) is 29.5 Å². The molecule has 0 saturated carbocycles. The third-order valence-electron chi connectivity index (χ3n) is 2.32. The van der Waals surface area contributed by atoms with Gasteiger partial charge in [0.05, 0.1) is 5.03 Å². The minimum atomic E-state index is 1.11. The third kappa shape index (κ3) is 4.71. The minimum absolute atomic E-state index is 1.11. The van der Waals surface area contributed by atoms with E-state index >= 15 is 0 Å². The van der Waals surface area contributed by atoms with E-state index in [1.165, 1.54) is 23.7 Å². The van der Waals surface area contributed by atoms with Crippen LogP contribution in [0.25, 0.3) is 0 Å². The molecular formula is C13H21NS2. The van der Waals surface area contributed by atoms with E-state index in [1.54, 1.807) is 0 Å². The Bertz CT molecular complexity index is 282. The molecule has 1 rings (SSSR count). The molecule has 0 aromatic rings. The summed E-state index contributed by atoms with van der Waals surface area (Å²) >= 11 is 3.78. The molecule has 1 nitrogen and oxygen atoms in total. The molecule has 0 aromatic carbocycles. The Balaban J connectivity index is 2.39. The molecule has 1 fully saturated rings. The smallest absolute Gasteiger partial charge is 0.0708 e. The summed E-state index contributed by atoms with van der Waals surface area (Å²) in [7, 11) is 0. The van der Waals surface area contributed by atoms with Gasteiger partial charge in [-0.15, -0.1) is 23.5 Å². The normalized spacial score (nSPS) is 18.9. The molecule has 1 aliphatic heterocycles. The van der Waals surface area contributed by atoms with E-state index in [1.807, 2.05) is 23.5 Å². The molecular weight excluding hydrogens is 234 g/mol. The quantitative estimate of drug-likeness (QED) is 0.658. The van der Waals surface area contributed by atoms with Crippen LogP contribution in [0.3, 0.4) is 0 Å². The van der Waals surface area contributed by atoms with Gasteiger partial charge in [-0.1, -0.05) is 19.6 Å². The van der Waals surface area contributed by atoms with Crippen LogP contribution >= 0.6 is 23.5 Å². The van der Waals surface area contributed by atoms with E-state index in [9.17, 15) is 0 Å². The monoisotopic (exact) mass is 255 g/mol. The molecule has 0 aromatic heterocycles. The number of allylic oxidation sites excluding steroid dienone is 3. The molecule has 0 radical (unpaired) electrons.